The van der Waals surface area contributed by atoms with Gasteiger partial charge in [0.1, 0.15) is 23.7 Å². The molecule has 10 nitrogen and oxygen atoms in total. The number of aliphatic imine (C=N–C) groups is 1. The van der Waals surface area contributed by atoms with E-state index in [0.717, 1.165) is 11.8 Å². The fraction of sp³-hybridized carbons (Fsp3) is 0.278. The lowest BCUT2D eigenvalue weighted by atomic mass is 10.0. The number of amidine groups is 1. The number of pyridine rings is 1. The number of carbonyl (C=O) groups is 1. The molecule has 1 aromatic heterocycles. The van der Waals surface area contributed by atoms with E-state index in [-0.39, 0.29) is 36.0 Å². The lowest BCUT2D eigenvalue weighted by Crippen LogP contribution is -2.49. The molecule has 248 valence electrons. The molecule has 0 atom stereocenters. The van der Waals surface area contributed by atoms with E-state index in [4.69, 9.17) is 18.9 Å². The molecule has 2 heterocycles. The second-order valence-corrected chi connectivity index (χ2v) is 11.5. The number of anilines is 1. The van der Waals surface area contributed by atoms with Gasteiger partial charge in [-0.2, -0.15) is 9.65 Å². The third-order valence-electron chi connectivity index (χ3n) is 7.89. The number of rotatable bonds is 12. The van der Waals surface area contributed by atoms with Gasteiger partial charge in [0.25, 0.3) is 5.88 Å². The van der Waals surface area contributed by atoms with Gasteiger partial charge in [0, 0.05) is 32.4 Å². The van der Waals surface area contributed by atoms with Gasteiger partial charge in [0.05, 0.1) is 36.5 Å². The van der Waals surface area contributed by atoms with Crippen molar-refractivity contribution in [3.05, 3.63) is 101 Å². The smallest absolute Gasteiger partial charge is 0.331 e. The molecular weight excluding hydrogens is 620 g/mol. The van der Waals surface area contributed by atoms with Crippen LogP contribution in [0.2, 0.25) is 0 Å². The molecule has 0 N–H and O–H groups in total. The molecule has 3 aromatic carbocycles. The SMILES string of the molecule is CCOC(=O)C(C)(C)N(C)c1ccc(Oc2c(F)cnc(Oc3cc(C#N)ccc3OCc3ccccc3)c2F)c(C2=NCCN2C)c1. The number of esters is 1. The number of carbonyl (C=O) groups excluding carboxylic acids is 1. The van der Waals surface area contributed by atoms with Gasteiger partial charge in [-0.25, -0.2) is 14.2 Å². The summed E-state index contributed by atoms with van der Waals surface area (Å²) in [6.07, 6.45) is 0.787. The number of nitrogens with zero attached hydrogens (tertiary/aromatic N) is 5. The summed E-state index contributed by atoms with van der Waals surface area (Å²) in [5.41, 5.74) is 1.16. The molecule has 5 rings (SSSR count). The van der Waals surface area contributed by atoms with Gasteiger partial charge in [-0.05, 0) is 56.7 Å². The Hall–Kier alpha value is -5.70. The summed E-state index contributed by atoms with van der Waals surface area (Å²) >= 11 is 0. The zero-order chi connectivity index (χ0) is 34.4. The van der Waals surface area contributed by atoms with Gasteiger partial charge >= 0.3 is 5.97 Å². The largest absolute Gasteiger partial charge is 0.485 e. The molecule has 0 saturated heterocycles. The van der Waals surface area contributed by atoms with Gasteiger partial charge in [-0.3, -0.25) is 4.99 Å². The fourth-order valence-corrected chi connectivity index (χ4v) is 4.90. The summed E-state index contributed by atoms with van der Waals surface area (Å²) in [5, 5.41) is 9.47. The van der Waals surface area contributed by atoms with Crippen LogP contribution in [0.4, 0.5) is 14.5 Å². The molecule has 1 aliphatic rings. The van der Waals surface area contributed by atoms with Gasteiger partial charge in [-0.1, -0.05) is 30.3 Å². The first kappa shape index (κ1) is 33.7. The summed E-state index contributed by atoms with van der Waals surface area (Å²) in [6.45, 7) is 6.78. The number of nitriles is 1. The van der Waals surface area contributed by atoms with Crippen molar-refractivity contribution in [3.8, 4) is 34.9 Å². The van der Waals surface area contributed by atoms with E-state index in [0.29, 0.717) is 30.2 Å². The standard InChI is InChI=1S/C36H35F2N5O5/c1-6-45-35(44)36(2,3)43(5)25-13-15-28(26(19-25)33-40-16-17-42(33)4)47-32-27(37)21-41-34(31(32)38)48-30-18-24(20-39)12-14-29(30)46-22-23-10-8-7-9-11-23/h7-15,18-19,21H,6,16-17,22H2,1-5H3. The van der Waals surface area contributed by atoms with Crippen LogP contribution in [0, 0.1) is 23.0 Å². The quantitative estimate of drug-likeness (QED) is 0.151. The number of ether oxygens (including phenoxy) is 4. The molecule has 0 aliphatic carbocycles. The summed E-state index contributed by atoms with van der Waals surface area (Å²) in [4.78, 5) is 24.8. The Morgan fingerprint density at radius 3 is 2.48 bits per heavy atom. The van der Waals surface area contributed by atoms with Crippen molar-refractivity contribution in [1.29, 1.82) is 5.26 Å². The Balaban J connectivity index is 1.49. The Bertz CT molecular complexity index is 1880. The summed E-state index contributed by atoms with van der Waals surface area (Å²) in [5.74, 6) is -3.13. The van der Waals surface area contributed by atoms with Crippen LogP contribution in [0.1, 0.15) is 37.5 Å². The van der Waals surface area contributed by atoms with E-state index in [1.165, 1.54) is 18.2 Å². The predicted octanol–water partition coefficient (Wildman–Crippen LogP) is 6.86. The van der Waals surface area contributed by atoms with Crippen molar-refractivity contribution in [1.82, 2.24) is 9.88 Å². The van der Waals surface area contributed by atoms with Crippen LogP contribution < -0.4 is 19.1 Å². The van der Waals surface area contributed by atoms with Crippen LogP contribution in [0.5, 0.6) is 28.9 Å². The minimum Gasteiger partial charge on any atom is -0.485 e. The third kappa shape index (κ3) is 7.15. The fourth-order valence-electron chi connectivity index (χ4n) is 4.90. The maximum absolute atomic E-state index is 16.0. The van der Waals surface area contributed by atoms with Gasteiger partial charge < -0.3 is 28.7 Å². The number of hydrogen-bond donors (Lipinski definition) is 0. The predicted molar refractivity (Wildman–Crippen MR) is 176 cm³/mol. The number of likely N-dealkylation sites (N-methyl/N-ethyl adjacent to an activating group) is 2. The number of aromatic nitrogens is 1. The van der Waals surface area contributed by atoms with Crippen LogP contribution in [0.25, 0.3) is 0 Å². The number of hydrogen-bond acceptors (Lipinski definition) is 10. The van der Waals surface area contributed by atoms with Crippen LogP contribution in [-0.4, -0.2) is 61.0 Å². The molecule has 0 spiro atoms. The molecular formula is C36H35F2N5O5. The Labute approximate surface area is 277 Å². The zero-order valence-electron chi connectivity index (χ0n) is 27.3. The van der Waals surface area contributed by atoms with Crippen molar-refractivity contribution in [2.24, 2.45) is 4.99 Å². The van der Waals surface area contributed by atoms with Crippen molar-refractivity contribution in [3.63, 3.8) is 0 Å². The highest BCUT2D eigenvalue weighted by molar-refractivity contribution is 6.03. The zero-order valence-corrected chi connectivity index (χ0v) is 27.3. The number of halogens is 2. The van der Waals surface area contributed by atoms with Crippen molar-refractivity contribution in [2.45, 2.75) is 32.9 Å². The minimum absolute atomic E-state index is 0.00756. The number of benzene rings is 3. The highest BCUT2D eigenvalue weighted by Crippen LogP contribution is 2.39. The van der Waals surface area contributed by atoms with Crippen molar-refractivity contribution in [2.75, 3.05) is 38.7 Å². The summed E-state index contributed by atoms with van der Waals surface area (Å²) in [6, 6.07) is 20.8. The summed E-state index contributed by atoms with van der Waals surface area (Å²) < 4.78 is 54.1. The molecule has 48 heavy (non-hydrogen) atoms. The monoisotopic (exact) mass is 655 g/mol. The lowest BCUT2D eigenvalue weighted by molar-refractivity contribution is -0.148. The van der Waals surface area contributed by atoms with E-state index in [1.54, 1.807) is 50.9 Å². The molecule has 0 saturated carbocycles. The molecule has 0 fully saturated rings. The molecule has 12 heteroatoms. The van der Waals surface area contributed by atoms with E-state index in [9.17, 15) is 10.1 Å². The first-order chi connectivity index (χ1) is 23.0. The Morgan fingerprint density at radius 1 is 1.04 bits per heavy atom. The normalized spacial score (nSPS) is 12.6. The molecule has 0 bridgehead atoms. The maximum Gasteiger partial charge on any atom is 0.331 e. The Morgan fingerprint density at radius 2 is 1.79 bits per heavy atom. The summed E-state index contributed by atoms with van der Waals surface area (Å²) in [7, 11) is 3.60. The van der Waals surface area contributed by atoms with E-state index < -0.39 is 34.8 Å². The second kappa shape index (κ2) is 14.4. The van der Waals surface area contributed by atoms with Crippen molar-refractivity contribution < 1.29 is 32.5 Å². The molecule has 0 unspecified atom stereocenters. The third-order valence-corrected chi connectivity index (χ3v) is 7.89. The van der Waals surface area contributed by atoms with Crippen LogP contribution in [-0.2, 0) is 16.1 Å². The highest BCUT2D eigenvalue weighted by Gasteiger charge is 2.35. The van der Waals surface area contributed by atoms with Gasteiger partial charge in [-0.15, -0.1) is 0 Å². The van der Waals surface area contributed by atoms with Crippen molar-refractivity contribution >= 4 is 17.5 Å². The van der Waals surface area contributed by atoms with E-state index in [2.05, 4.69) is 9.98 Å². The second-order valence-electron chi connectivity index (χ2n) is 11.5. The molecule has 1 aliphatic heterocycles. The molecule has 0 radical (unpaired) electrons. The average Bonchev–Trinajstić information content (AvgIpc) is 3.52. The lowest BCUT2D eigenvalue weighted by Gasteiger charge is -2.35. The van der Waals surface area contributed by atoms with Gasteiger partial charge in [0.15, 0.2) is 17.3 Å². The van der Waals surface area contributed by atoms with Crippen LogP contribution in [0.15, 0.2) is 77.9 Å². The Kier molecular flexibility index (Phi) is 10.1. The molecule has 4 aromatic rings. The maximum atomic E-state index is 16.0. The van der Waals surface area contributed by atoms with E-state index in [1.807, 2.05) is 48.3 Å². The first-order valence-corrected chi connectivity index (χ1v) is 15.2. The van der Waals surface area contributed by atoms with E-state index >= 15 is 8.78 Å². The first-order valence-electron chi connectivity index (χ1n) is 15.2. The minimum atomic E-state index is -1.20. The molecule has 0 amide bonds. The van der Waals surface area contributed by atoms with Gasteiger partial charge in [0.2, 0.25) is 11.6 Å². The average molecular weight is 656 g/mol. The highest BCUT2D eigenvalue weighted by atomic mass is 19.1. The topological polar surface area (TPSA) is 110 Å². The van der Waals surface area contributed by atoms with Crippen LogP contribution >= 0.6 is 0 Å². The van der Waals surface area contributed by atoms with Crippen LogP contribution in [0.3, 0.4) is 0 Å².